The van der Waals surface area contributed by atoms with Crippen LogP contribution in [0.2, 0.25) is 0 Å². The maximum absolute atomic E-state index is 12.1. The van der Waals surface area contributed by atoms with E-state index >= 15 is 0 Å². The molecule has 116 valence electrons. The fraction of sp³-hybridized carbons (Fsp3) is 0.250. The lowest BCUT2D eigenvalue weighted by molar-refractivity contribution is 0.0942. The van der Waals surface area contributed by atoms with E-state index in [0.717, 1.165) is 11.3 Å². The van der Waals surface area contributed by atoms with E-state index in [0.29, 0.717) is 23.1 Å². The normalized spacial score (nSPS) is 13.9. The summed E-state index contributed by atoms with van der Waals surface area (Å²) in [7, 11) is 0. The Hall–Kier alpha value is -2.96. The average molecular weight is 309 g/mol. The molecule has 1 saturated carbocycles. The number of aromatic amines is 1. The number of H-pyrrole nitrogens is 1. The van der Waals surface area contributed by atoms with Gasteiger partial charge < -0.3 is 9.84 Å². The Labute approximate surface area is 132 Å². The van der Waals surface area contributed by atoms with Crippen LogP contribution in [0.25, 0.3) is 11.3 Å². The van der Waals surface area contributed by atoms with Crippen molar-refractivity contribution < 1.29 is 9.32 Å². The molecule has 1 fully saturated rings. The molecule has 0 aromatic carbocycles. The Morgan fingerprint density at radius 2 is 2.30 bits per heavy atom. The highest BCUT2D eigenvalue weighted by atomic mass is 16.5. The first kappa shape index (κ1) is 13.7. The summed E-state index contributed by atoms with van der Waals surface area (Å²) in [4.78, 5) is 16.1. The van der Waals surface area contributed by atoms with E-state index < -0.39 is 0 Å². The Kier molecular flexibility index (Phi) is 3.38. The predicted molar refractivity (Wildman–Crippen MR) is 81.5 cm³/mol. The van der Waals surface area contributed by atoms with Gasteiger partial charge in [0, 0.05) is 35.6 Å². The van der Waals surface area contributed by atoms with Crippen molar-refractivity contribution in [1.29, 1.82) is 0 Å². The zero-order valence-corrected chi connectivity index (χ0v) is 12.3. The zero-order chi connectivity index (χ0) is 15.6. The number of carbonyl (C=O) groups excluding carboxylic acids is 1. The monoisotopic (exact) mass is 309 g/mol. The molecule has 4 rings (SSSR count). The summed E-state index contributed by atoms with van der Waals surface area (Å²) in [6.45, 7) is 0.262. The van der Waals surface area contributed by atoms with Crippen molar-refractivity contribution in [3.8, 4) is 11.3 Å². The number of rotatable bonds is 5. The van der Waals surface area contributed by atoms with Gasteiger partial charge in [0.25, 0.3) is 5.91 Å². The van der Waals surface area contributed by atoms with Crippen LogP contribution in [-0.4, -0.2) is 26.2 Å². The van der Waals surface area contributed by atoms with Crippen molar-refractivity contribution in [2.75, 3.05) is 0 Å². The summed E-state index contributed by atoms with van der Waals surface area (Å²) in [5.74, 6) is 0.892. The molecule has 0 aliphatic heterocycles. The highest BCUT2D eigenvalue weighted by molar-refractivity contribution is 5.92. The lowest BCUT2D eigenvalue weighted by Gasteiger charge is -1.98. The quantitative estimate of drug-likeness (QED) is 0.753. The van der Waals surface area contributed by atoms with E-state index in [4.69, 9.17) is 4.52 Å². The Balaban J connectivity index is 1.38. The van der Waals surface area contributed by atoms with E-state index in [1.54, 1.807) is 18.5 Å². The number of amides is 1. The van der Waals surface area contributed by atoms with Crippen LogP contribution in [0, 0.1) is 0 Å². The molecule has 1 amide bonds. The van der Waals surface area contributed by atoms with Gasteiger partial charge in [0.2, 0.25) is 0 Å². The number of hydrogen-bond acceptors (Lipinski definition) is 5. The molecule has 3 aromatic heterocycles. The summed E-state index contributed by atoms with van der Waals surface area (Å²) in [5.41, 5.74) is 3.00. The molecular weight excluding hydrogens is 294 g/mol. The number of hydrogen-bond donors (Lipinski definition) is 2. The van der Waals surface area contributed by atoms with Crippen molar-refractivity contribution in [2.45, 2.75) is 25.3 Å². The molecule has 0 spiro atoms. The predicted octanol–water partition coefficient (Wildman–Crippen LogP) is 2.27. The van der Waals surface area contributed by atoms with Gasteiger partial charge >= 0.3 is 0 Å². The summed E-state index contributed by atoms with van der Waals surface area (Å²) in [5, 5.41) is 13.7. The molecule has 7 heteroatoms. The van der Waals surface area contributed by atoms with Crippen LogP contribution in [0.1, 0.15) is 40.7 Å². The SMILES string of the molecule is O=C(NCc1cc(-c2cccnc2)no1)c1cc(C2CC2)[nH]n1. The molecule has 0 atom stereocenters. The maximum Gasteiger partial charge on any atom is 0.272 e. The lowest BCUT2D eigenvalue weighted by atomic mass is 10.2. The molecule has 0 unspecified atom stereocenters. The van der Waals surface area contributed by atoms with Gasteiger partial charge in [0.15, 0.2) is 5.76 Å². The third-order valence-corrected chi connectivity index (χ3v) is 3.79. The number of nitrogens with zero attached hydrogens (tertiary/aromatic N) is 3. The summed E-state index contributed by atoms with van der Waals surface area (Å²) in [6.07, 6.45) is 5.74. The fourth-order valence-corrected chi connectivity index (χ4v) is 2.36. The third kappa shape index (κ3) is 2.98. The first-order valence-corrected chi connectivity index (χ1v) is 7.49. The van der Waals surface area contributed by atoms with Crippen LogP contribution in [0.5, 0.6) is 0 Å². The van der Waals surface area contributed by atoms with Gasteiger partial charge in [-0.1, -0.05) is 5.16 Å². The molecule has 0 radical (unpaired) electrons. The highest BCUT2D eigenvalue weighted by Crippen LogP contribution is 2.38. The summed E-state index contributed by atoms with van der Waals surface area (Å²) in [6, 6.07) is 7.34. The first-order chi connectivity index (χ1) is 11.3. The summed E-state index contributed by atoms with van der Waals surface area (Å²) < 4.78 is 5.24. The van der Waals surface area contributed by atoms with Gasteiger partial charge in [0.05, 0.1) is 6.54 Å². The van der Waals surface area contributed by atoms with Crippen LogP contribution in [0.3, 0.4) is 0 Å². The van der Waals surface area contributed by atoms with Crippen LogP contribution in [0.15, 0.2) is 41.2 Å². The van der Waals surface area contributed by atoms with Gasteiger partial charge in [-0.15, -0.1) is 0 Å². The second-order valence-corrected chi connectivity index (χ2v) is 5.59. The maximum atomic E-state index is 12.1. The average Bonchev–Trinajstić information content (AvgIpc) is 3.14. The minimum absolute atomic E-state index is 0.229. The topological polar surface area (TPSA) is 96.7 Å². The fourth-order valence-electron chi connectivity index (χ4n) is 2.36. The van der Waals surface area contributed by atoms with Gasteiger partial charge in [-0.3, -0.25) is 14.9 Å². The summed E-state index contributed by atoms with van der Waals surface area (Å²) >= 11 is 0. The van der Waals surface area contributed by atoms with Crippen LogP contribution in [0.4, 0.5) is 0 Å². The number of nitrogens with one attached hydrogen (secondary N) is 2. The third-order valence-electron chi connectivity index (χ3n) is 3.79. The van der Waals surface area contributed by atoms with Gasteiger partial charge in [0.1, 0.15) is 11.4 Å². The second-order valence-electron chi connectivity index (χ2n) is 5.59. The Bertz CT molecular complexity index is 820. The molecule has 7 nitrogen and oxygen atoms in total. The van der Waals surface area contributed by atoms with Crippen molar-refractivity contribution in [3.63, 3.8) is 0 Å². The van der Waals surface area contributed by atoms with Crippen molar-refractivity contribution in [2.24, 2.45) is 0 Å². The largest absolute Gasteiger partial charge is 0.359 e. The molecule has 23 heavy (non-hydrogen) atoms. The standard InChI is InChI=1S/C16H15N5O2/c22-16(15-7-13(19-20-15)10-3-4-10)18-9-12-6-14(21-23-12)11-2-1-5-17-8-11/h1-2,5-8,10H,3-4,9H2,(H,18,22)(H,19,20). The molecular formula is C16H15N5O2. The van der Waals surface area contributed by atoms with Crippen molar-refractivity contribution in [1.82, 2.24) is 25.7 Å². The number of pyridine rings is 1. The minimum atomic E-state index is -0.229. The van der Waals surface area contributed by atoms with Crippen molar-refractivity contribution >= 4 is 5.91 Å². The molecule has 2 N–H and O–H groups in total. The van der Waals surface area contributed by atoms with Gasteiger partial charge in [-0.25, -0.2) is 0 Å². The molecule has 0 bridgehead atoms. The van der Waals surface area contributed by atoms with Gasteiger partial charge in [-0.05, 0) is 31.0 Å². The Morgan fingerprint density at radius 1 is 1.39 bits per heavy atom. The molecule has 1 aliphatic rings. The highest BCUT2D eigenvalue weighted by Gasteiger charge is 2.26. The van der Waals surface area contributed by atoms with Crippen LogP contribution >= 0.6 is 0 Å². The van der Waals surface area contributed by atoms with Gasteiger partial charge in [-0.2, -0.15) is 5.10 Å². The zero-order valence-electron chi connectivity index (χ0n) is 12.3. The smallest absolute Gasteiger partial charge is 0.272 e. The number of aromatic nitrogens is 4. The molecule has 0 saturated heterocycles. The second kappa shape index (κ2) is 5.68. The first-order valence-electron chi connectivity index (χ1n) is 7.49. The van der Waals surface area contributed by atoms with Crippen LogP contribution < -0.4 is 5.32 Å². The molecule has 1 aliphatic carbocycles. The molecule has 3 heterocycles. The lowest BCUT2D eigenvalue weighted by Crippen LogP contribution is -2.22. The van der Waals surface area contributed by atoms with E-state index in [1.807, 2.05) is 18.2 Å². The minimum Gasteiger partial charge on any atom is -0.359 e. The Morgan fingerprint density at radius 3 is 3.09 bits per heavy atom. The van der Waals surface area contributed by atoms with E-state index in [1.165, 1.54) is 12.8 Å². The van der Waals surface area contributed by atoms with Crippen LogP contribution in [-0.2, 0) is 6.54 Å². The van der Waals surface area contributed by atoms with E-state index in [9.17, 15) is 4.79 Å². The van der Waals surface area contributed by atoms with Crippen molar-refractivity contribution in [3.05, 3.63) is 53.8 Å². The van der Waals surface area contributed by atoms with E-state index in [-0.39, 0.29) is 12.5 Å². The number of carbonyl (C=O) groups is 1. The molecule has 3 aromatic rings. The van der Waals surface area contributed by atoms with E-state index in [2.05, 4.69) is 25.7 Å².